The number of ether oxygens (including phenoxy) is 3. The zero-order valence-corrected chi connectivity index (χ0v) is 35.1. The van der Waals surface area contributed by atoms with Crippen molar-refractivity contribution in [3.63, 3.8) is 0 Å². The molecule has 2 aliphatic rings. The van der Waals surface area contributed by atoms with Crippen LogP contribution in [0.1, 0.15) is 64.7 Å². The number of hydrogen-bond donors (Lipinski definition) is 3. The quantitative estimate of drug-likeness (QED) is 0.142. The highest BCUT2D eigenvalue weighted by atomic mass is 16.6. The minimum atomic E-state index is -0.584. The van der Waals surface area contributed by atoms with Crippen molar-refractivity contribution in [2.75, 3.05) is 53.5 Å². The number of aromatic amines is 2. The van der Waals surface area contributed by atoms with Crippen LogP contribution < -0.4 is 14.8 Å². The Bertz CT molecular complexity index is 2380. The lowest BCUT2D eigenvalue weighted by atomic mass is 10.00. The predicted molar refractivity (Wildman–Crippen MR) is 232 cm³/mol. The number of benzene rings is 4. The van der Waals surface area contributed by atoms with E-state index in [1.807, 2.05) is 103 Å². The van der Waals surface area contributed by atoms with Crippen molar-refractivity contribution in [1.82, 2.24) is 40.4 Å². The van der Waals surface area contributed by atoms with Gasteiger partial charge >= 0.3 is 6.09 Å². The average molecular weight is 825 g/mol. The van der Waals surface area contributed by atoms with Crippen molar-refractivity contribution in [1.29, 1.82) is 0 Å². The number of methoxy groups -OCH3 is 2. The Morgan fingerprint density at radius 1 is 0.656 bits per heavy atom. The molecule has 2 unspecified atom stereocenters. The van der Waals surface area contributed by atoms with E-state index in [4.69, 9.17) is 14.2 Å². The monoisotopic (exact) mass is 824 g/mol. The molecule has 316 valence electrons. The number of aromatic nitrogens is 4. The van der Waals surface area contributed by atoms with Gasteiger partial charge in [-0.1, -0.05) is 60.7 Å². The molecule has 14 heteroatoms. The molecule has 3 amide bonds. The zero-order valence-electron chi connectivity index (χ0n) is 35.1. The minimum Gasteiger partial charge on any atom is -0.496 e. The molecule has 2 aliphatic heterocycles. The first kappa shape index (κ1) is 42.2. The third kappa shape index (κ3) is 9.93. The second kappa shape index (κ2) is 19.0. The third-order valence-electron chi connectivity index (χ3n) is 10.7. The molecule has 0 radical (unpaired) electrons. The lowest BCUT2D eigenvalue weighted by molar-refractivity contribution is 0.00407. The van der Waals surface area contributed by atoms with E-state index in [9.17, 15) is 14.4 Å². The van der Waals surface area contributed by atoms with Gasteiger partial charge in [0, 0.05) is 85.0 Å². The van der Waals surface area contributed by atoms with Gasteiger partial charge in [0.25, 0.3) is 11.8 Å². The van der Waals surface area contributed by atoms with E-state index in [1.54, 1.807) is 56.0 Å². The van der Waals surface area contributed by atoms with Crippen LogP contribution in [-0.4, -0.2) is 112 Å². The molecule has 2 fully saturated rings. The average Bonchev–Trinajstić information content (AvgIpc) is 4.05. The summed E-state index contributed by atoms with van der Waals surface area (Å²) in [6, 6.07) is 30.6. The maximum Gasteiger partial charge on any atom is 0.410 e. The summed E-state index contributed by atoms with van der Waals surface area (Å²) in [6.07, 6.45) is 6.66. The fourth-order valence-corrected chi connectivity index (χ4v) is 7.65. The molecule has 0 bridgehead atoms. The van der Waals surface area contributed by atoms with E-state index in [2.05, 4.69) is 37.8 Å². The van der Waals surface area contributed by atoms with Crippen molar-refractivity contribution < 1.29 is 28.6 Å². The summed E-state index contributed by atoms with van der Waals surface area (Å²) in [5, 5.41) is 17.0. The second-order valence-electron chi connectivity index (χ2n) is 15.8. The number of amides is 3. The van der Waals surface area contributed by atoms with Crippen LogP contribution in [0.3, 0.4) is 0 Å². The Morgan fingerprint density at radius 2 is 1.16 bits per heavy atom. The first-order valence-electron chi connectivity index (χ1n) is 20.3. The summed E-state index contributed by atoms with van der Waals surface area (Å²) < 4.78 is 16.7. The van der Waals surface area contributed by atoms with Gasteiger partial charge in [0.2, 0.25) is 0 Å². The maximum atomic E-state index is 13.7. The molecule has 14 nitrogen and oxygen atoms in total. The van der Waals surface area contributed by atoms with Gasteiger partial charge in [-0.05, 0) is 68.3 Å². The minimum absolute atomic E-state index is 0.0161. The van der Waals surface area contributed by atoms with Crippen LogP contribution in [0.15, 0.2) is 122 Å². The van der Waals surface area contributed by atoms with Crippen LogP contribution in [0.5, 0.6) is 11.5 Å². The highest BCUT2D eigenvalue weighted by Crippen LogP contribution is 2.34. The van der Waals surface area contributed by atoms with Gasteiger partial charge < -0.3 is 34.2 Å². The lowest BCUT2D eigenvalue weighted by Crippen LogP contribution is -2.53. The van der Waals surface area contributed by atoms with E-state index in [-0.39, 0.29) is 30.0 Å². The van der Waals surface area contributed by atoms with Crippen LogP contribution in [0.4, 0.5) is 4.79 Å². The molecule has 0 saturated carbocycles. The van der Waals surface area contributed by atoms with Gasteiger partial charge in [0.05, 0.1) is 38.7 Å². The molecule has 0 spiro atoms. The molecule has 61 heavy (non-hydrogen) atoms. The maximum absolute atomic E-state index is 13.7. The van der Waals surface area contributed by atoms with Crippen molar-refractivity contribution in [3.05, 3.63) is 144 Å². The molecule has 0 aliphatic carbocycles. The van der Waals surface area contributed by atoms with Crippen LogP contribution in [0, 0.1) is 0 Å². The Hall–Kier alpha value is -6.93. The Kier molecular flexibility index (Phi) is 13.1. The van der Waals surface area contributed by atoms with Crippen molar-refractivity contribution >= 4 is 17.9 Å². The number of H-pyrrole nitrogens is 2. The normalized spacial score (nSPS) is 16.6. The first-order chi connectivity index (χ1) is 29.5. The lowest BCUT2D eigenvalue weighted by Gasteiger charge is -2.42. The topological polar surface area (TPSA) is 158 Å². The van der Waals surface area contributed by atoms with E-state index >= 15 is 0 Å². The molecular formula is C47H52N8O6. The SMILES string of the molecule is COc1cc(C(=O)N2CCN(C(=O)OC(C)(C)C)CC2c2ccccc2)ccc1-c1cn[nH]c1.COc1cc(C(=O)N2CCNCC2c2ccccc2)ccc1-c1cn[nH]c1. The number of carbonyl (C=O) groups is 3. The number of hydrogen-bond acceptors (Lipinski definition) is 9. The molecule has 3 N–H and O–H groups in total. The Labute approximate surface area is 355 Å². The van der Waals surface area contributed by atoms with Gasteiger partial charge in [0.1, 0.15) is 17.1 Å². The van der Waals surface area contributed by atoms with Crippen molar-refractivity contribution in [2.24, 2.45) is 0 Å². The second-order valence-corrected chi connectivity index (χ2v) is 15.8. The summed E-state index contributed by atoms with van der Waals surface area (Å²) in [5.41, 5.74) is 6.23. The number of rotatable bonds is 8. The third-order valence-corrected chi connectivity index (χ3v) is 10.7. The predicted octanol–water partition coefficient (Wildman–Crippen LogP) is 7.39. The van der Waals surface area contributed by atoms with Crippen molar-refractivity contribution in [3.8, 4) is 33.8 Å². The van der Waals surface area contributed by atoms with Gasteiger partial charge in [-0.3, -0.25) is 19.8 Å². The molecule has 2 aromatic heterocycles. The molecule has 4 heterocycles. The smallest absolute Gasteiger partial charge is 0.410 e. The van der Waals surface area contributed by atoms with Crippen molar-refractivity contribution in [2.45, 2.75) is 38.5 Å². The van der Waals surface area contributed by atoms with Gasteiger partial charge in [-0.2, -0.15) is 10.2 Å². The fraction of sp³-hybridized carbons (Fsp3) is 0.298. The molecule has 4 aromatic carbocycles. The summed E-state index contributed by atoms with van der Waals surface area (Å²) in [4.78, 5) is 45.1. The molecule has 8 rings (SSSR count). The van der Waals surface area contributed by atoms with Gasteiger partial charge in [-0.15, -0.1) is 0 Å². The summed E-state index contributed by atoms with van der Waals surface area (Å²) in [5.74, 6) is 1.15. The largest absolute Gasteiger partial charge is 0.496 e. The summed E-state index contributed by atoms with van der Waals surface area (Å²) in [6.45, 7) is 8.90. The Balaban J connectivity index is 0.000000189. The first-order valence-corrected chi connectivity index (χ1v) is 20.3. The Morgan fingerprint density at radius 3 is 1.64 bits per heavy atom. The summed E-state index contributed by atoms with van der Waals surface area (Å²) in [7, 11) is 3.20. The van der Waals surface area contributed by atoms with E-state index in [0.717, 1.165) is 46.5 Å². The van der Waals surface area contributed by atoms with Gasteiger partial charge in [-0.25, -0.2) is 4.79 Å². The number of carbonyl (C=O) groups excluding carboxylic acids is 3. The number of nitrogens with zero attached hydrogens (tertiary/aromatic N) is 5. The highest BCUT2D eigenvalue weighted by molar-refractivity contribution is 5.97. The van der Waals surface area contributed by atoms with Crippen LogP contribution >= 0.6 is 0 Å². The van der Waals surface area contributed by atoms with Crippen LogP contribution in [-0.2, 0) is 4.74 Å². The van der Waals surface area contributed by atoms with Crippen LogP contribution in [0.2, 0.25) is 0 Å². The molecule has 2 atom stereocenters. The van der Waals surface area contributed by atoms with Gasteiger partial charge in [0.15, 0.2) is 0 Å². The highest BCUT2D eigenvalue weighted by Gasteiger charge is 2.36. The summed E-state index contributed by atoms with van der Waals surface area (Å²) >= 11 is 0. The van der Waals surface area contributed by atoms with E-state index < -0.39 is 5.60 Å². The molecule has 6 aromatic rings. The van der Waals surface area contributed by atoms with Crippen LogP contribution in [0.25, 0.3) is 22.3 Å². The number of nitrogens with one attached hydrogen (secondary N) is 3. The van der Waals surface area contributed by atoms with E-state index in [0.29, 0.717) is 48.8 Å². The fourth-order valence-electron chi connectivity index (χ4n) is 7.65. The van der Waals surface area contributed by atoms with E-state index in [1.165, 1.54) is 0 Å². The molecule has 2 saturated heterocycles. The zero-order chi connectivity index (χ0) is 42.9. The molecular weight excluding hydrogens is 773 g/mol. The number of piperazine rings is 2. The standard InChI is InChI=1S/C26H30N4O4.C21H22N4O2/c1-26(2,3)34-25(32)29-12-13-30(22(17-29)18-8-6-5-7-9-18)24(31)19-10-11-21(23(14-19)33-4)20-15-27-28-16-20;1-27-20-11-16(7-8-18(20)17-12-23-24-13-17)21(26)25-10-9-22-14-19(25)15-5-3-2-4-6-15/h5-11,14-16,22H,12-13,17H2,1-4H3,(H,27,28);2-8,11-13,19,22H,9-10,14H2,1H3,(H,23,24).